The van der Waals surface area contributed by atoms with Gasteiger partial charge in [-0.1, -0.05) is 25.5 Å². The summed E-state index contributed by atoms with van der Waals surface area (Å²) in [5, 5.41) is 0. The van der Waals surface area contributed by atoms with Crippen molar-refractivity contribution in [3.05, 3.63) is 29.8 Å². The Balaban J connectivity index is 1.94. The number of rotatable bonds is 7. The van der Waals surface area contributed by atoms with Gasteiger partial charge in [0.05, 0.1) is 7.11 Å². The molecule has 1 fully saturated rings. The standard InChI is InChI=1S/C18H30N2O/c1-4-15-10-12-20(13-15)18(2,14-19)11-9-16-5-7-17(21-3)8-6-16/h5-8,15H,4,9-14,19H2,1-3H3. The quantitative estimate of drug-likeness (QED) is 0.838. The minimum atomic E-state index is 0.129. The van der Waals surface area contributed by atoms with E-state index in [1.807, 2.05) is 12.1 Å². The van der Waals surface area contributed by atoms with Crippen molar-refractivity contribution < 1.29 is 4.74 Å². The number of ether oxygens (including phenoxy) is 1. The Hall–Kier alpha value is -1.06. The van der Waals surface area contributed by atoms with E-state index in [0.29, 0.717) is 0 Å². The van der Waals surface area contributed by atoms with Crippen LogP contribution in [0.15, 0.2) is 24.3 Å². The molecule has 21 heavy (non-hydrogen) atoms. The van der Waals surface area contributed by atoms with Crippen LogP contribution in [0.4, 0.5) is 0 Å². The average Bonchev–Trinajstić information content (AvgIpc) is 3.03. The highest BCUT2D eigenvalue weighted by molar-refractivity contribution is 5.27. The van der Waals surface area contributed by atoms with Crippen LogP contribution in [-0.4, -0.2) is 37.2 Å². The maximum atomic E-state index is 6.12. The summed E-state index contributed by atoms with van der Waals surface area (Å²) in [5.41, 5.74) is 7.61. The lowest BCUT2D eigenvalue weighted by atomic mass is 9.91. The summed E-state index contributed by atoms with van der Waals surface area (Å²) in [5.74, 6) is 1.78. The lowest BCUT2D eigenvalue weighted by Gasteiger charge is -2.38. The minimum Gasteiger partial charge on any atom is -0.497 e. The van der Waals surface area contributed by atoms with Crippen LogP contribution >= 0.6 is 0 Å². The number of methoxy groups -OCH3 is 1. The number of nitrogens with two attached hydrogens (primary N) is 1. The highest BCUT2D eigenvalue weighted by Crippen LogP contribution is 2.29. The number of hydrogen-bond acceptors (Lipinski definition) is 3. The van der Waals surface area contributed by atoms with Gasteiger partial charge in [-0.2, -0.15) is 0 Å². The molecule has 0 amide bonds. The van der Waals surface area contributed by atoms with E-state index in [9.17, 15) is 0 Å². The maximum absolute atomic E-state index is 6.12. The Labute approximate surface area is 129 Å². The Morgan fingerprint density at radius 2 is 2.05 bits per heavy atom. The van der Waals surface area contributed by atoms with Gasteiger partial charge in [-0.05, 0) is 56.3 Å². The summed E-state index contributed by atoms with van der Waals surface area (Å²) < 4.78 is 5.21. The molecule has 0 radical (unpaired) electrons. The van der Waals surface area contributed by atoms with Gasteiger partial charge in [0.1, 0.15) is 5.75 Å². The molecule has 0 saturated carbocycles. The van der Waals surface area contributed by atoms with Crippen LogP contribution in [0.1, 0.15) is 38.7 Å². The lowest BCUT2D eigenvalue weighted by Crippen LogP contribution is -2.50. The fourth-order valence-corrected chi connectivity index (χ4v) is 3.25. The molecule has 3 nitrogen and oxygen atoms in total. The normalized spacial score (nSPS) is 22.2. The van der Waals surface area contributed by atoms with E-state index in [1.54, 1.807) is 7.11 Å². The third-order valence-corrected chi connectivity index (χ3v) is 5.18. The highest BCUT2D eigenvalue weighted by Gasteiger charge is 2.35. The van der Waals surface area contributed by atoms with Crippen LogP contribution in [0.25, 0.3) is 0 Å². The fourth-order valence-electron chi connectivity index (χ4n) is 3.25. The van der Waals surface area contributed by atoms with E-state index in [0.717, 1.165) is 31.1 Å². The first-order chi connectivity index (χ1) is 10.1. The van der Waals surface area contributed by atoms with Crippen molar-refractivity contribution in [2.24, 2.45) is 11.7 Å². The fraction of sp³-hybridized carbons (Fsp3) is 0.667. The van der Waals surface area contributed by atoms with Gasteiger partial charge in [0.15, 0.2) is 0 Å². The van der Waals surface area contributed by atoms with E-state index < -0.39 is 0 Å². The molecule has 1 heterocycles. The molecule has 0 spiro atoms. The van der Waals surface area contributed by atoms with Gasteiger partial charge in [-0.15, -0.1) is 0 Å². The number of nitrogens with zero attached hydrogens (tertiary/aromatic N) is 1. The first kappa shape index (κ1) is 16.3. The third kappa shape index (κ3) is 3.98. The molecule has 0 aliphatic carbocycles. The Morgan fingerprint density at radius 3 is 2.57 bits per heavy atom. The predicted molar refractivity (Wildman–Crippen MR) is 88.7 cm³/mol. The monoisotopic (exact) mass is 290 g/mol. The van der Waals surface area contributed by atoms with E-state index in [4.69, 9.17) is 10.5 Å². The largest absolute Gasteiger partial charge is 0.497 e. The zero-order valence-electron chi connectivity index (χ0n) is 13.8. The molecule has 2 unspecified atom stereocenters. The van der Waals surface area contributed by atoms with Gasteiger partial charge in [0.2, 0.25) is 0 Å². The number of likely N-dealkylation sites (tertiary alicyclic amines) is 1. The molecule has 1 aromatic carbocycles. The van der Waals surface area contributed by atoms with E-state index in [2.05, 4.69) is 30.9 Å². The smallest absolute Gasteiger partial charge is 0.118 e. The van der Waals surface area contributed by atoms with Gasteiger partial charge in [0.25, 0.3) is 0 Å². The van der Waals surface area contributed by atoms with Crippen molar-refractivity contribution in [3.63, 3.8) is 0 Å². The van der Waals surface area contributed by atoms with Crippen molar-refractivity contribution in [2.75, 3.05) is 26.7 Å². The van der Waals surface area contributed by atoms with Gasteiger partial charge in [-0.25, -0.2) is 0 Å². The van der Waals surface area contributed by atoms with Crippen molar-refractivity contribution in [2.45, 2.75) is 45.1 Å². The summed E-state index contributed by atoms with van der Waals surface area (Å²) in [6.45, 7) is 7.78. The van der Waals surface area contributed by atoms with E-state index >= 15 is 0 Å². The van der Waals surface area contributed by atoms with Crippen LogP contribution in [0, 0.1) is 5.92 Å². The van der Waals surface area contributed by atoms with Crippen LogP contribution in [-0.2, 0) is 6.42 Å². The first-order valence-corrected chi connectivity index (χ1v) is 8.19. The second-order valence-electron chi connectivity index (χ2n) is 6.56. The zero-order valence-corrected chi connectivity index (χ0v) is 13.8. The lowest BCUT2D eigenvalue weighted by molar-refractivity contribution is 0.127. The minimum absolute atomic E-state index is 0.129. The molecule has 1 aliphatic rings. The molecule has 1 aliphatic heterocycles. The summed E-state index contributed by atoms with van der Waals surface area (Å²) >= 11 is 0. The summed E-state index contributed by atoms with van der Waals surface area (Å²) in [7, 11) is 1.71. The van der Waals surface area contributed by atoms with Gasteiger partial charge < -0.3 is 10.5 Å². The highest BCUT2D eigenvalue weighted by atomic mass is 16.5. The molecule has 2 atom stereocenters. The molecule has 118 valence electrons. The van der Waals surface area contributed by atoms with Crippen LogP contribution in [0.2, 0.25) is 0 Å². The van der Waals surface area contributed by atoms with Crippen LogP contribution in [0.3, 0.4) is 0 Å². The molecule has 1 saturated heterocycles. The summed E-state index contributed by atoms with van der Waals surface area (Å²) in [4.78, 5) is 2.62. The van der Waals surface area contributed by atoms with Crippen LogP contribution < -0.4 is 10.5 Å². The van der Waals surface area contributed by atoms with E-state index in [1.165, 1.54) is 31.5 Å². The number of benzene rings is 1. The Morgan fingerprint density at radius 1 is 1.33 bits per heavy atom. The first-order valence-electron chi connectivity index (χ1n) is 8.19. The summed E-state index contributed by atoms with van der Waals surface area (Å²) in [6.07, 6.45) is 4.81. The van der Waals surface area contributed by atoms with Crippen molar-refractivity contribution in [3.8, 4) is 5.75 Å². The molecule has 2 rings (SSSR count). The Bertz CT molecular complexity index is 431. The molecule has 0 aromatic heterocycles. The maximum Gasteiger partial charge on any atom is 0.118 e. The predicted octanol–water partition coefficient (Wildman–Crippen LogP) is 3.08. The number of hydrogen-bond donors (Lipinski definition) is 1. The van der Waals surface area contributed by atoms with Gasteiger partial charge >= 0.3 is 0 Å². The molecule has 0 bridgehead atoms. The van der Waals surface area contributed by atoms with Crippen LogP contribution in [0.5, 0.6) is 5.75 Å². The molecular formula is C18H30N2O. The van der Waals surface area contributed by atoms with Gasteiger partial charge in [-0.3, -0.25) is 4.90 Å². The number of aryl methyl sites for hydroxylation is 1. The SMILES string of the molecule is CCC1CCN(C(C)(CN)CCc2ccc(OC)cc2)C1. The molecular weight excluding hydrogens is 260 g/mol. The topological polar surface area (TPSA) is 38.5 Å². The van der Waals surface area contributed by atoms with Crippen molar-refractivity contribution in [1.82, 2.24) is 4.90 Å². The van der Waals surface area contributed by atoms with Crippen molar-refractivity contribution in [1.29, 1.82) is 0 Å². The molecule has 3 heteroatoms. The second kappa shape index (κ2) is 7.28. The molecule has 2 N–H and O–H groups in total. The average molecular weight is 290 g/mol. The van der Waals surface area contributed by atoms with Gasteiger partial charge in [0, 0.05) is 18.6 Å². The summed E-state index contributed by atoms with van der Waals surface area (Å²) in [6, 6.07) is 8.40. The zero-order chi connectivity index (χ0) is 15.3. The Kier molecular flexibility index (Phi) is 5.65. The van der Waals surface area contributed by atoms with Crippen molar-refractivity contribution >= 4 is 0 Å². The molecule has 1 aromatic rings. The van der Waals surface area contributed by atoms with E-state index in [-0.39, 0.29) is 5.54 Å². The second-order valence-corrected chi connectivity index (χ2v) is 6.56. The third-order valence-electron chi connectivity index (χ3n) is 5.18.